The zero-order valence-electron chi connectivity index (χ0n) is 13.4. The zero-order valence-corrected chi connectivity index (χ0v) is 13.4. The van der Waals surface area contributed by atoms with Gasteiger partial charge in [0.2, 0.25) is 0 Å². The maximum atomic E-state index is 10.3. The van der Waals surface area contributed by atoms with Gasteiger partial charge in [-0.2, -0.15) is 0 Å². The smallest absolute Gasteiger partial charge is 0.120 e. The number of hydrogen-bond donors (Lipinski definition) is 2. The predicted octanol–water partition coefficient (Wildman–Crippen LogP) is 3.68. The second-order valence-electron chi connectivity index (χ2n) is 5.57. The van der Waals surface area contributed by atoms with Crippen LogP contribution in [-0.2, 0) is 13.2 Å². The third-order valence-corrected chi connectivity index (χ3v) is 3.71. The number of aliphatic hydroxyl groups is 1. The first-order chi connectivity index (χ1) is 11.8. The van der Waals surface area contributed by atoms with Crippen LogP contribution in [0, 0.1) is 0 Å². The number of ether oxygens (including phenoxy) is 1. The first-order valence-electron chi connectivity index (χ1n) is 7.99. The van der Waals surface area contributed by atoms with Gasteiger partial charge >= 0.3 is 0 Å². The second-order valence-corrected chi connectivity index (χ2v) is 5.57. The highest BCUT2D eigenvalue weighted by atomic mass is 16.5. The number of benzene rings is 2. The molecule has 1 atom stereocenters. The predicted molar refractivity (Wildman–Crippen MR) is 92.6 cm³/mol. The first kappa shape index (κ1) is 16.3. The molecule has 0 saturated carbocycles. The summed E-state index contributed by atoms with van der Waals surface area (Å²) in [6, 6.07) is 21.3. The van der Waals surface area contributed by atoms with E-state index in [-0.39, 0.29) is 0 Å². The van der Waals surface area contributed by atoms with Gasteiger partial charge in [-0.1, -0.05) is 42.5 Å². The van der Waals surface area contributed by atoms with Gasteiger partial charge in [0.15, 0.2) is 0 Å². The second kappa shape index (κ2) is 8.34. The highest BCUT2D eigenvalue weighted by Crippen LogP contribution is 2.20. The minimum Gasteiger partial charge on any atom is -0.489 e. The standard InChI is InChI=1S/C20H21NO3/c22-20(14-21-13-19-10-5-11-23-19)17-8-4-9-18(12-17)24-15-16-6-2-1-3-7-16/h1-12,20-22H,13-15H2. The van der Waals surface area contributed by atoms with E-state index in [1.807, 2.05) is 66.7 Å². The van der Waals surface area contributed by atoms with Gasteiger partial charge in [0, 0.05) is 6.54 Å². The van der Waals surface area contributed by atoms with Crippen LogP contribution in [-0.4, -0.2) is 11.7 Å². The Morgan fingerprint density at radius 3 is 2.67 bits per heavy atom. The molecule has 124 valence electrons. The van der Waals surface area contributed by atoms with Crippen molar-refractivity contribution in [3.05, 3.63) is 89.9 Å². The van der Waals surface area contributed by atoms with E-state index in [0.29, 0.717) is 19.7 Å². The summed E-state index contributed by atoms with van der Waals surface area (Å²) in [6.07, 6.45) is 1.04. The van der Waals surface area contributed by atoms with Crippen molar-refractivity contribution >= 4 is 0 Å². The van der Waals surface area contributed by atoms with Crippen LogP contribution in [0.2, 0.25) is 0 Å². The summed E-state index contributed by atoms with van der Waals surface area (Å²) >= 11 is 0. The topological polar surface area (TPSA) is 54.6 Å². The summed E-state index contributed by atoms with van der Waals surface area (Å²) in [7, 11) is 0. The molecular weight excluding hydrogens is 302 g/mol. The number of furan rings is 1. The molecule has 2 N–H and O–H groups in total. The Morgan fingerprint density at radius 2 is 1.88 bits per heavy atom. The first-order valence-corrected chi connectivity index (χ1v) is 7.99. The molecule has 1 unspecified atom stereocenters. The molecule has 4 heteroatoms. The van der Waals surface area contributed by atoms with Crippen molar-refractivity contribution in [1.82, 2.24) is 5.32 Å². The SMILES string of the molecule is OC(CNCc1ccco1)c1cccc(OCc2ccccc2)c1. The molecule has 4 nitrogen and oxygen atoms in total. The van der Waals surface area contributed by atoms with Crippen LogP contribution < -0.4 is 10.1 Å². The summed E-state index contributed by atoms with van der Waals surface area (Å²) in [5.41, 5.74) is 1.94. The lowest BCUT2D eigenvalue weighted by molar-refractivity contribution is 0.172. The highest BCUT2D eigenvalue weighted by molar-refractivity contribution is 5.30. The summed E-state index contributed by atoms with van der Waals surface area (Å²) < 4.78 is 11.0. The van der Waals surface area contributed by atoms with Crippen LogP contribution in [0.25, 0.3) is 0 Å². The molecule has 0 fully saturated rings. The van der Waals surface area contributed by atoms with E-state index in [0.717, 1.165) is 22.6 Å². The number of hydrogen-bond acceptors (Lipinski definition) is 4. The average Bonchev–Trinajstić information content (AvgIpc) is 3.14. The molecular formula is C20H21NO3. The van der Waals surface area contributed by atoms with Crippen LogP contribution in [0.4, 0.5) is 0 Å². The van der Waals surface area contributed by atoms with Gasteiger partial charge in [-0.25, -0.2) is 0 Å². The van der Waals surface area contributed by atoms with E-state index in [2.05, 4.69) is 5.32 Å². The van der Waals surface area contributed by atoms with Gasteiger partial charge in [-0.05, 0) is 35.4 Å². The maximum Gasteiger partial charge on any atom is 0.120 e. The molecule has 0 saturated heterocycles. The van der Waals surface area contributed by atoms with E-state index in [1.165, 1.54) is 0 Å². The average molecular weight is 323 g/mol. The molecule has 0 amide bonds. The lowest BCUT2D eigenvalue weighted by atomic mass is 10.1. The minimum atomic E-state index is -0.597. The Morgan fingerprint density at radius 1 is 1.00 bits per heavy atom. The van der Waals surface area contributed by atoms with Crippen LogP contribution >= 0.6 is 0 Å². The van der Waals surface area contributed by atoms with Crippen molar-refractivity contribution in [3.63, 3.8) is 0 Å². The van der Waals surface area contributed by atoms with Crippen molar-refractivity contribution in [3.8, 4) is 5.75 Å². The molecule has 0 spiro atoms. The Labute approximate surface area is 141 Å². The largest absolute Gasteiger partial charge is 0.489 e. The minimum absolute atomic E-state index is 0.447. The van der Waals surface area contributed by atoms with Gasteiger partial charge in [0.05, 0.1) is 18.9 Å². The Hall–Kier alpha value is -2.56. The molecule has 0 radical (unpaired) electrons. The molecule has 2 aromatic carbocycles. The Bertz CT molecular complexity index is 726. The molecule has 24 heavy (non-hydrogen) atoms. The molecule has 1 aromatic heterocycles. The fraction of sp³-hybridized carbons (Fsp3) is 0.200. The quantitative estimate of drug-likeness (QED) is 0.664. The Kier molecular flexibility index (Phi) is 5.66. The Balaban J connectivity index is 1.52. The van der Waals surface area contributed by atoms with Crippen molar-refractivity contribution in [2.75, 3.05) is 6.54 Å². The third kappa shape index (κ3) is 4.72. The highest BCUT2D eigenvalue weighted by Gasteiger charge is 2.08. The van der Waals surface area contributed by atoms with Crippen LogP contribution in [0.5, 0.6) is 5.75 Å². The van der Waals surface area contributed by atoms with Crippen molar-refractivity contribution < 1.29 is 14.3 Å². The van der Waals surface area contributed by atoms with Gasteiger partial charge in [0.25, 0.3) is 0 Å². The lowest BCUT2D eigenvalue weighted by Gasteiger charge is -2.13. The van der Waals surface area contributed by atoms with Crippen LogP contribution in [0.3, 0.4) is 0 Å². The number of rotatable bonds is 8. The molecule has 0 aliphatic heterocycles. The van der Waals surface area contributed by atoms with E-state index >= 15 is 0 Å². The zero-order chi connectivity index (χ0) is 16.6. The van der Waals surface area contributed by atoms with Crippen molar-refractivity contribution in [2.24, 2.45) is 0 Å². The van der Waals surface area contributed by atoms with E-state index in [4.69, 9.17) is 9.15 Å². The monoisotopic (exact) mass is 323 g/mol. The fourth-order valence-corrected chi connectivity index (χ4v) is 2.42. The molecule has 0 aliphatic rings. The number of nitrogens with one attached hydrogen (secondary N) is 1. The normalized spacial score (nSPS) is 12.0. The summed E-state index contributed by atoms with van der Waals surface area (Å²) in [5, 5.41) is 13.5. The molecule has 1 heterocycles. The van der Waals surface area contributed by atoms with Gasteiger partial charge in [-0.15, -0.1) is 0 Å². The van der Waals surface area contributed by atoms with E-state index in [1.54, 1.807) is 6.26 Å². The third-order valence-electron chi connectivity index (χ3n) is 3.71. The van der Waals surface area contributed by atoms with E-state index < -0.39 is 6.10 Å². The van der Waals surface area contributed by atoms with Crippen molar-refractivity contribution in [2.45, 2.75) is 19.3 Å². The fourth-order valence-electron chi connectivity index (χ4n) is 2.42. The maximum absolute atomic E-state index is 10.3. The molecule has 0 aliphatic carbocycles. The summed E-state index contributed by atoms with van der Waals surface area (Å²) in [6.45, 7) is 1.55. The molecule has 3 rings (SSSR count). The number of aliphatic hydroxyl groups excluding tert-OH is 1. The lowest BCUT2D eigenvalue weighted by Crippen LogP contribution is -2.20. The summed E-state index contributed by atoms with van der Waals surface area (Å²) in [5.74, 6) is 1.60. The molecule has 0 bridgehead atoms. The van der Waals surface area contributed by atoms with Gasteiger partial charge in [0.1, 0.15) is 18.1 Å². The van der Waals surface area contributed by atoms with Gasteiger partial charge in [-0.3, -0.25) is 0 Å². The van der Waals surface area contributed by atoms with Crippen molar-refractivity contribution in [1.29, 1.82) is 0 Å². The van der Waals surface area contributed by atoms with Gasteiger partial charge < -0.3 is 19.6 Å². The van der Waals surface area contributed by atoms with Crippen LogP contribution in [0.1, 0.15) is 23.0 Å². The van der Waals surface area contributed by atoms with E-state index in [9.17, 15) is 5.11 Å². The summed E-state index contributed by atoms with van der Waals surface area (Å²) in [4.78, 5) is 0. The molecule has 3 aromatic rings. The van der Waals surface area contributed by atoms with Crippen LogP contribution in [0.15, 0.2) is 77.4 Å².